The number of nitrogens with two attached hydrogens (primary N) is 1. The van der Waals surface area contributed by atoms with Gasteiger partial charge in [-0.2, -0.15) is 0 Å². The monoisotopic (exact) mass is 482 g/mol. The molecule has 2 atom stereocenters. The fourth-order valence-electron chi connectivity index (χ4n) is 3.91. The number of ketones is 1. The van der Waals surface area contributed by atoms with Gasteiger partial charge >= 0.3 is 0 Å². The molecule has 32 heavy (non-hydrogen) atoms. The number of ether oxygens (including phenoxy) is 1. The number of carbonyl (C=O) groups is 2. The molecule has 1 saturated heterocycles. The molecule has 2 aromatic carbocycles. The molecule has 0 aromatic heterocycles. The molecule has 0 unspecified atom stereocenters. The standard InChI is InChI=1S/C22H24ClFN2O5S/c1-3-19-20(27)8-4-13(10-14-11-15(24)5-9-21(14)31-2)22(28)26(19)32(29,30)16-6-7-17(23)18(25)12-16/h5-7,9,11-13,19H,3-4,8,10,25H2,1-2H3/t13-,19-/m1/s1. The van der Waals surface area contributed by atoms with Crippen LogP contribution in [0.1, 0.15) is 31.7 Å². The third kappa shape index (κ3) is 4.59. The molecular formula is C22H24ClFN2O5S. The summed E-state index contributed by atoms with van der Waals surface area (Å²) in [5.41, 5.74) is 6.22. The highest BCUT2D eigenvalue weighted by Crippen LogP contribution is 2.33. The van der Waals surface area contributed by atoms with Crippen LogP contribution in [0, 0.1) is 11.7 Å². The van der Waals surface area contributed by atoms with Gasteiger partial charge in [-0.25, -0.2) is 17.1 Å². The summed E-state index contributed by atoms with van der Waals surface area (Å²) >= 11 is 5.91. The Kier molecular flexibility index (Phi) is 7.09. The highest BCUT2D eigenvalue weighted by molar-refractivity contribution is 7.89. The van der Waals surface area contributed by atoms with E-state index in [0.29, 0.717) is 15.6 Å². The smallest absolute Gasteiger partial charge is 0.267 e. The highest BCUT2D eigenvalue weighted by atomic mass is 35.5. The molecule has 7 nitrogen and oxygen atoms in total. The lowest BCUT2D eigenvalue weighted by atomic mass is 9.93. The summed E-state index contributed by atoms with van der Waals surface area (Å²) < 4.78 is 46.7. The van der Waals surface area contributed by atoms with Gasteiger partial charge in [-0.1, -0.05) is 18.5 Å². The maximum absolute atomic E-state index is 13.8. The van der Waals surface area contributed by atoms with Gasteiger partial charge in [0.15, 0.2) is 5.78 Å². The van der Waals surface area contributed by atoms with Crippen LogP contribution >= 0.6 is 11.6 Å². The Bertz CT molecular complexity index is 1160. The second kappa shape index (κ2) is 9.46. The van der Waals surface area contributed by atoms with Crippen molar-refractivity contribution < 1.29 is 27.1 Å². The Hall–Kier alpha value is -2.65. The number of carbonyl (C=O) groups excluding carboxylic acids is 2. The topological polar surface area (TPSA) is 107 Å². The number of sulfonamides is 1. The van der Waals surface area contributed by atoms with E-state index in [9.17, 15) is 22.4 Å². The molecule has 3 rings (SSSR count). The van der Waals surface area contributed by atoms with E-state index in [-0.39, 0.29) is 47.1 Å². The molecule has 0 saturated carbocycles. The van der Waals surface area contributed by atoms with Gasteiger partial charge in [-0.15, -0.1) is 0 Å². The van der Waals surface area contributed by atoms with Crippen LogP contribution in [0.25, 0.3) is 0 Å². The molecule has 1 fully saturated rings. The normalized spacial score (nSPS) is 19.7. The van der Waals surface area contributed by atoms with E-state index in [1.54, 1.807) is 6.92 Å². The van der Waals surface area contributed by atoms with Gasteiger partial charge in [-0.3, -0.25) is 9.59 Å². The SMILES string of the molecule is CC[C@@H]1C(=O)CC[C@H](Cc2cc(F)ccc2OC)C(=O)N1S(=O)(=O)c1ccc(Cl)c(N)c1. The Morgan fingerprint density at radius 3 is 2.56 bits per heavy atom. The third-order valence-corrected chi connectivity index (χ3v) is 7.73. The molecule has 0 bridgehead atoms. The summed E-state index contributed by atoms with van der Waals surface area (Å²) in [6, 6.07) is 6.51. The first-order valence-corrected chi connectivity index (χ1v) is 11.9. The van der Waals surface area contributed by atoms with Crippen LogP contribution in [0.4, 0.5) is 10.1 Å². The van der Waals surface area contributed by atoms with Crippen molar-refractivity contribution in [3.8, 4) is 5.75 Å². The molecule has 1 aliphatic rings. The lowest BCUT2D eigenvalue weighted by molar-refractivity contribution is -0.134. The zero-order valence-corrected chi connectivity index (χ0v) is 19.2. The van der Waals surface area contributed by atoms with Crippen LogP contribution in [0.5, 0.6) is 5.75 Å². The number of hydrogen-bond acceptors (Lipinski definition) is 6. The second-order valence-corrected chi connectivity index (χ2v) is 9.83. The number of hydrogen-bond donors (Lipinski definition) is 1. The molecule has 0 radical (unpaired) electrons. The number of Topliss-reactive ketones (excluding diaryl/α,β-unsaturated/α-hetero) is 1. The minimum atomic E-state index is -4.40. The predicted octanol–water partition coefficient (Wildman–Crippen LogP) is 3.59. The molecule has 172 valence electrons. The van der Waals surface area contributed by atoms with Crippen LogP contribution < -0.4 is 10.5 Å². The largest absolute Gasteiger partial charge is 0.496 e. The first-order chi connectivity index (χ1) is 15.1. The average Bonchev–Trinajstić information content (AvgIpc) is 2.87. The first kappa shape index (κ1) is 24.0. The molecule has 1 amide bonds. The van der Waals surface area contributed by atoms with Crippen LogP contribution in [0.2, 0.25) is 5.02 Å². The van der Waals surface area contributed by atoms with E-state index in [1.165, 1.54) is 37.4 Å². The van der Waals surface area contributed by atoms with E-state index >= 15 is 0 Å². The van der Waals surface area contributed by atoms with Crippen LogP contribution in [-0.2, 0) is 26.0 Å². The molecule has 1 aliphatic heterocycles. The van der Waals surface area contributed by atoms with E-state index < -0.39 is 33.7 Å². The number of methoxy groups -OCH3 is 1. The van der Waals surface area contributed by atoms with Crippen molar-refractivity contribution >= 4 is 39.0 Å². The fraction of sp³-hybridized carbons (Fsp3) is 0.364. The Morgan fingerprint density at radius 2 is 1.94 bits per heavy atom. The van der Waals surface area contributed by atoms with Gasteiger partial charge < -0.3 is 10.5 Å². The van der Waals surface area contributed by atoms with Gasteiger partial charge in [0.05, 0.1) is 22.7 Å². The number of halogens is 2. The van der Waals surface area contributed by atoms with E-state index in [1.807, 2.05) is 0 Å². The molecule has 0 aliphatic carbocycles. The van der Waals surface area contributed by atoms with Gasteiger partial charge in [0.1, 0.15) is 17.6 Å². The summed E-state index contributed by atoms with van der Waals surface area (Å²) in [5.74, 6) is -2.06. The molecule has 0 spiro atoms. The second-order valence-electron chi connectivity index (χ2n) is 7.61. The van der Waals surface area contributed by atoms with Crippen molar-refractivity contribution in [2.24, 2.45) is 5.92 Å². The molecule has 2 N–H and O–H groups in total. The van der Waals surface area contributed by atoms with Gasteiger partial charge in [0.2, 0.25) is 5.91 Å². The maximum Gasteiger partial charge on any atom is 0.267 e. The number of nitrogen functional groups attached to an aromatic ring is 1. The van der Waals surface area contributed by atoms with Crippen molar-refractivity contribution in [2.75, 3.05) is 12.8 Å². The van der Waals surface area contributed by atoms with Crippen molar-refractivity contribution in [3.63, 3.8) is 0 Å². The quantitative estimate of drug-likeness (QED) is 0.630. The van der Waals surface area contributed by atoms with Crippen molar-refractivity contribution in [3.05, 3.63) is 52.8 Å². The first-order valence-electron chi connectivity index (χ1n) is 10.1. The number of amides is 1. The fourth-order valence-corrected chi connectivity index (χ4v) is 5.76. The Balaban J connectivity index is 2.06. The number of nitrogens with zero attached hydrogens (tertiary/aromatic N) is 1. The highest BCUT2D eigenvalue weighted by Gasteiger charge is 2.44. The lowest BCUT2D eigenvalue weighted by Gasteiger charge is -2.29. The van der Waals surface area contributed by atoms with Crippen molar-refractivity contribution in [2.45, 2.75) is 43.5 Å². The average molecular weight is 483 g/mol. The number of benzene rings is 2. The van der Waals surface area contributed by atoms with Crippen LogP contribution in [0.3, 0.4) is 0 Å². The molecule has 2 aromatic rings. The zero-order valence-electron chi connectivity index (χ0n) is 17.7. The number of rotatable bonds is 6. The van der Waals surface area contributed by atoms with E-state index in [4.69, 9.17) is 22.1 Å². The Labute approximate surface area is 191 Å². The van der Waals surface area contributed by atoms with E-state index in [0.717, 1.165) is 6.07 Å². The molecule has 10 heteroatoms. The maximum atomic E-state index is 13.8. The van der Waals surface area contributed by atoms with Crippen LogP contribution in [0.15, 0.2) is 41.3 Å². The van der Waals surface area contributed by atoms with Gasteiger partial charge in [0.25, 0.3) is 10.0 Å². The minimum absolute atomic E-state index is 0.0260. The van der Waals surface area contributed by atoms with Crippen molar-refractivity contribution in [1.29, 1.82) is 0 Å². The molecule has 1 heterocycles. The van der Waals surface area contributed by atoms with Gasteiger partial charge in [-0.05, 0) is 61.2 Å². The third-order valence-electron chi connectivity index (χ3n) is 5.58. The minimum Gasteiger partial charge on any atom is -0.496 e. The number of anilines is 1. The summed E-state index contributed by atoms with van der Waals surface area (Å²) in [7, 11) is -2.98. The van der Waals surface area contributed by atoms with Crippen LogP contribution in [-0.4, -0.2) is 37.6 Å². The van der Waals surface area contributed by atoms with E-state index in [2.05, 4.69) is 0 Å². The van der Waals surface area contributed by atoms with Crippen molar-refractivity contribution in [1.82, 2.24) is 4.31 Å². The lowest BCUT2D eigenvalue weighted by Crippen LogP contribution is -2.48. The summed E-state index contributed by atoms with van der Waals surface area (Å²) in [6.45, 7) is 1.64. The van der Waals surface area contributed by atoms with Gasteiger partial charge in [0, 0.05) is 12.3 Å². The summed E-state index contributed by atoms with van der Waals surface area (Å²) in [5, 5.41) is 0.172. The Morgan fingerprint density at radius 1 is 1.22 bits per heavy atom. The molecular weight excluding hydrogens is 459 g/mol. The summed E-state index contributed by atoms with van der Waals surface area (Å²) in [6.07, 6.45) is 0.324. The zero-order chi connectivity index (χ0) is 23.6. The predicted molar refractivity (Wildman–Crippen MR) is 118 cm³/mol. The summed E-state index contributed by atoms with van der Waals surface area (Å²) in [4.78, 5) is 26.1.